The van der Waals surface area contributed by atoms with E-state index >= 15 is 0 Å². The molecular formula is C17H18N6O2. The lowest BCUT2D eigenvalue weighted by molar-refractivity contribution is -0.138. The third kappa shape index (κ3) is 2.36. The van der Waals surface area contributed by atoms with E-state index < -0.39 is 0 Å². The number of oxazole rings is 1. The highest BCUT2D eigenvalue weighted by atomic mass is 16.4. The summed E-state index contributed by atoms with van der Waals surface area (Å²) in [4.78, 5) is 21.4. The van der Waals surface area contributed by atoms with Gasteiger partial charge in [0.25, 0.3) is 6.01 Å². The van der Waals surface area contributed by atoms with Crippen molar-refractivity contribution in [1.82, 2.24) is 24.9 Å². The Morgan fingerprint density at radius 1 is 1.24 bits per heavy atom. The van der Waals surface area contributed by atoms with Crippen LogP contribution in [0.2, 0.25) is 0 Å². The van der Waals surface area contributed by atoms with E-state index in [0.29, 0.717) is 19.1 Å². The highest BCUT2D eigenvalue weighted by molar-refractivity contribution is 5.86. The molecule has 8 nitrogen and oxygen atoms in total. The van der Waals surface area contributed by atoms with E-state index in [2.05, 4.69) is 15.3 Å². The predicted octanol–water partition coefficient (Wildman–Crippen LogP) is 1.47. The Bertz CT molecular complexity index is 866. The Hall–Kier alpha value is -2.90. The fourth-order valence-corrected chi connectivity index (χ4v) is 3.66. The molecule has 2 aromatic heterocycles. The Morgan fingerprint density at radius 3 is 2.92 bits per heavy atom. The van der Waals surface area contributed by atoms with Gasteiger partial charge in [-0.3, -0.25) is 4.79 Å². The summed E-state index contributed by atoms with van der Waals surface area (Å²) in [6.07, 6.45) is 5.31. The second-order valence-corrected chi connectivity index (χ2v) is 6.60. The van der Waals surface area contributed by atoms with Gasteiger partial charge in [-0.05, 0) is 25.0 Å². The maximum absolute atomic E-state index is 12.9. The first-order valence-corrected chi connectivity index (χ1v) is 8.56. The number of anilines is 1. The molecular weight excluding hydrogens is 320 g/mol. The fourth-order valence-electron chi connectivity index (χ4n) is 3.66. The standard InChI is InChI=1S/C17H18N6O2/c24-16(21-10-12(11-21)23-9-7-18-20-23)14-5-3-8-22(14)17-19-13-4-1-2-6-15(13)25-17/h1-2,4,6-7,9,12,14H,3,5,8,10-11H2/t14-/m0/s1. The minimum absolute atomic E-state index is 0.149. The van der Waals surface area contributed by atoms with Gasteiger partial charge in [-0.1, -0.05) is 17.3 Å². The summed E-state index contributed by atoms with van der Waals surface area (Å²) in [6.45, 7) is 2.16. The maximum Gasteiger partial charge on any atom is 0.299 e. The van der Waals surface area contributed by atoms with Crippen LogP contribution in [-0.2, 0) is 4.79 Å². The Balaban J connectivity index is 1.32. The van der Waals surface area contributed by atoms with Crippen molar-refractivity contribution in [2.75, 3.05) is 24.5 Å². The number of aromatic nitrogens is 4. The number of para-hydroxylation sites is 2. The maximum atomic E-state index is 12.9. The molecule has 1 atom stereocenters. The zero-order valence-corrected chi connectivity index (χ0v) is 13.7. The van der Waals surface area contributed by atoms with E-state index in [4.69, 9.17) is 4.42 Å². The molecule has 0 aliphatic carbocycles. The topological polar surface area (TPSA) is 80.3 Å². The summed E-state index contributed by atoms with van der Waals surface area (Å²) in [6, 6.07) is 8.27. The lowest BCUT2D eigenvalue weighted by Gasteiger charge is -2.41. The van der Waals surface area contributed by atoms with Gasteiger partial charge in [-0.2, -0.15) is 4.98 Å². The second-order valence-electron chi connectivity index (χ2n) is 6.60. The molecule has 0 radical (unpaired) electrons. The van der Waals surface area contributed by atoms with Crippen LogP contribution >= 0.6 is 0 Å². The molecule has 0 bridgehead atoms. The number of hydrogen-bond donors (Lipinski definition) is 0. The number of likely N-dealkylation sites (tertiary alicyclic amines) is 1. The zero-order valence-electron chi connectivity index (χ0n) is 13.7. The van der Waals surface area contributed by atoms with Gasteiger partial charge in [-0.15, -0.1) is 5.10 Å². The summed E-state index contributed by atoms with van der Waals surface area (Å²) >= 11 is 0. The van der Waals surface area contributed by atoms with Crippen LogP contribution < -0.4 is 4.90 Å². The Morgan fingerprint density at radius 2 is 2.12 bits per heavy atom. The minimum Gasteiger partial charge on any atom is -0.423 e. The van der Waals surface area contributed by atoms with Crippen LogP contribution in [0.3, 0.4) is 0 Å². The molecule has 128 valence electrons. The number of carbonyl (C=O) groups is 1. The third-order valence-corrected chi connectivity index (χ3v) is 5.06. The van der Waals surface area contributed by atoms with Crippen molar-refractivity contribution in [1.29, 1.82) is 0 Å². The predicted molar refractivity (Wildman–Crippen MR) is 90.0 cm³/mol. The van der Waals surface area contributed by atoms with Crippen molar-refractivity contribution >= 4 is 23.0 Å². The van der Waals surface area contributed by atoms with Gasteiger partial charge >= 0.3 is 0 Å². The summed E-state index contributed by atoms with van der Waals surface area (Å²) in [7, 11) is 0. The Labute approximate surface area is 144 Å². The molecule has 2 aliphatic heterocycles. The number of carbonyl (C=O) groups excluding carboxylic acids is 1. The molecule has 2 saturated heterocycles. The highest BCUT2D eigenvalue weighted by Gasteiger charge is 2.41. The van der Waals surface area contributed by atoms with E-state index in [0.717, 1.165) is 30.5 Å². The first-order valence-electron chi connectivity index (χ1n) is 8.56. The molecule has 0 unspecified atom stereocenters. The van der Waals surface area contributed by atoms with Crippen LogP contribution in [0.5, 0.6) is 0 Å². The molecule has 2 aliphatic rings. The van der Waals surface area contributed by atoms with E-state index in [9.17, 15) is 4.79 Å². The first-order chi connectivity index (χ1) is 12.3. The van der Waals surface area contributed by atoms with Gasteiger partial charge in [0, 0.05) is 25.8 Å². The smallest absolute Gasteiger partial charge is 0.299 e. The number of nitrogens with zero attached hydrogens (tertiary/aromatic N) is 6. The van der Waals surface area contributed by atoms with Crippen molar-refractivity contribution in [2.24, 2.45) is 0 Å². The molecule has 25 heavy (non-hydrogen) atoms. The molecule has 0 N–H and O–H groups in total. The summed E-state index contributed by atoms with van der Waals surface area (Å²) in [5.74, 6) is 0.149. The van der Waals surface area contributed by atoms with E-state index in [-0.39, 0.29) is 18.0 Å². The van der Waals surface area contributed by atoms with Crippen LogP contribution in [0.15, 0.2) is 41.1 Å². The van der Waals surface area contributed by atoms with Crippen molar-refractivity contribution in [2.45, 2.75) is 24.9 Å². The van der Waals surface area contributed by atoms with E-state index in [1.165, 1.54) is 0 Å². The number of amides is 1. The van der Waals surface area contributed by atoms with Crippen molar-refractivity contribution in [3.8, 4) is 0 Å². The molecule has 8 heteroatoms. The normalized spacial score (nSPS) is 21.0. The number of benzene rings is 1. The Kier molecular flexibility index (Phi) is 3.22. The van der Waals surface area contributed by atoms with Crippen LogP contribution in [0.25, 0.3) is 11.1 Å². The molecule has 0 saturated carbocycles. The third-order valence-electron chi connectivity index (χ3n) is 5.06. The molecule has 1 amide bonds. The van der Waals surface area contributed by atoms with E-state index in [1.54, 1.807) is 6.20 Å². The first kappa shape index (κ1) is 14.4. The summed E-state index contributed by atoms with van der Waals surface area (Å²) < 4.78 is 7.68. The number of hydrogen-bond acceptors (Lipinski definition) is 6. The van der Waals surface area contributed by atoms with Gasteiger partial charge in [0.15, 0.2) is 5.58 Å². The molecule has 2 fully saturated rings. The van der Waals surface area contributed by atoms with Gasteiger partial charge in [0.1, 0.15) is 11.6 Å². The molecule has 3 aromatic rings. The highest BCUT2D eigenvalue weighted by Crippen LogP contribution is 2.31. The van der Waals surface area contributed by atoms with Gasteiger partial charge in [0.2, 0.25) is 5.91 Å². The van der Waals surface area contributed by atoms with Crippen molar-refractivity contribution < 1.29 is 9.21 Å². The minimum atomic E-state index is -0.190. The molecule has 4 heterocycles. The quantitative estimate of drug-likeness (QED) is 0.719. The molecule has 1 aromatic carbocycles. The fraction of sp³-hybridized carbons (Fsp3) is 0.412. The monoisotopic (exact) mass is 338 g/mol. The number of rotatable bonds is 3. The second kappa shape index (κ2) is 5.58. The molecule has 0 spiro atoms. The van der Waals surface area contributed by atoms with Gasteiger partial charge in [0.05, 0.1) is 12.2 Å². The average molecular weight is 338 g/mol. The van der Waals surface area contributed by atoms with Crippen LogP contribution in [0.1, 0.15) is 18.9 Å². The lowest BCUT2D eigenvalue weighted by Crippen LogP contribution is -2.56. The van der Waals surface area contributed by atoms with Crippen LogP contribution in [-0.4, -0.2) is 56.5 Å². The zero-order chi connectivity index (χ0) is 16.8. The van der Waals surface area contributed by atoms with Gasteiger partial charge < -0.3 is 14.2 Å². The lowest BCUT2D eigenvalue weighted by atomic mass is 10.1. The van der Waals surface area contributed by atoms with Crippen molar-refractivity contribution in [3.05, 3.63) is 36.7 Å². The summed E-state index contributed by atoms with van der Waals surface area (Å²) in [5, 5.41) is 7.84. The van der Waals surface area contributed by atoms with Crippen LogP contribution in [0.4, 0.5) is 6.01 Å². The van der Waals surface area contributed by atoms with Gasteiger partial charge in [-0.25, -0.2) is 4.68 Å². The number of fused-ring (bicyclic) bond motifs is 1. The van der Waals surface area contributed by atoms with E-state index in [1.807, 2.05) is 44.9 Å². The molecule has 5 rings (SSSR count). The van der Waals surface area contributed by atoms with Crippen molar-refractivity contribution in [3.63, 3.8) is 0 Å². The largest absolute Gasteiger partial charge is 0.423 e. The SMILES string of the molecule is O=C([C@@H]1CCCN1c1nc2ccccc2o1)N1CC(n2ccnn2)C1. The summed E-state index contributed by atoms with van der Waals surface area (Å²) in [5.41, 5.74) is 1.58. The average Bonchev–Trinajstić information content (AvgIpc) is 3.32. The van der Waals surface area contributed by atoms with Crippen LogP contribution in [0, 0.1) is 0 Å².